The summed E-state index contributed by atoms with van der Waals surface area (Å²) >= 11 is 0. The molecule has 2 atom stereocenters. The number of anilines is 1. The van der Waals surface area contributed by atoms with E-state index in [4.69, 9.17) is 19.9 Å². The molecule has 23 heavy (non-hydrogen) atoms. The van der Waals surface area contributed by atoms with Crippen LogP contribution in [0.3, 0.4) is 0 Å². The van der Waals surface area contributed by atoms with Crippen LogP contribution in [0, 0.1) is 0 Å². The highest BCUT2D eigenvalue weighted by Gasteiger charge is 2.35. The molecule has 1 saturated heterocycles. The van der Waals surface area contributed by atoms with Crippen molar-refractivity contribution in [2.45, 2.75) is 32.2 Å². The molecule has 7 nitrogen and oxygen atoms in total. The van der Waals surface area contributed by atoms with E-state index in [1.54, 1.807) is 6.92 Å². The first kappa shape index (κ1) is 16.8. The van der Waals surface area contributed by atoms with E-state index in [1.165, 1.54) is 7.11 Å². The van der Waals surface area contributed by atoms with Crippen LogP contribution in [0.4, 0.5) is 14.5 Å². The number of hydrogen-bond acceptors (Lipinski definition) is 7. The van der Waals surface area contributed by atoms with Crippen molar-refractivity contribution in [3.05, 3.63) is 17.7 Å². The van der Waals surface area contributed by atoms with Gasteiger partial charge < -0.3 is 24.7 Å². The van der Waals surface area contributed by atoms with Crippen molar-refractivity contribution in [2.24, 2.45) is 0 Å². The minimum Gasteiger partial charge on any atom is -0.493 e. The Labute approximate surface area is 130 Å². The fourth-order valence-corrected chi connectivity index (χ4v) is 2.11. The van der Waals surface area contributed by atoms with Gasteiger partial charge in [-0.05, 0) is 6.92 Å². The van der Waals surface area contributed by atoms with Crippen LogP contribution < -0.4 is 15.2 Å². The van der Waals surface area contributed by atoms with Crippen molar-refractivity contribution in [3.63, 3.8) is 0 Å². The lowest BCUT2D eigenvalue weighted by Gasteiger charge is -2.14. The normalized spacial score (nSPS) is 20.3. The highest BCUT2D eigenvalue weighted by molar-refractivity contribution is 5.97. The molecule has 0 aromatic heterocycles. The monoisotopic (exact) mass is 331 g/mol. The number of rotatable bonds is 5. The second-order valence-corrected chi connectivity index (χ2v) is 4.85. The van der Waals surface area contributed by atoms with E-state index in [1.807, 2.05) is 0 Å². The first-order valence-corrected chi connectivity index (χ1v) is 6.65. The molecule has 0 radical (unpaired) electrons. The number of cyclic esters (lactones) is 1. The third-order valence-electron chi connectivity index (χ3n) is 3.15. The number of nitrogen functional groups attached to an aromatic ring is 1. The number of esters is 2. The van der Waals surface area contributed by atoms with Gasteiger partial charge in [-0.2, -0.15) is 8.78 Å². The molecule has 1 aromatic rings. The highest BCUT2D eigenvalue weighted by atomic mass is 19.3. The van der Waals surface area contributed by atoms with E-state index in [9.17, 15) is 18.4 Å². The molecule has 2 N–H and O–H groups in total. The Balaban J connectivity index is 2.21. The van der Waals surface area contributed by atoms with Gasteiger partial charge in [-0.1, -0.05) is 0 Å². The van der Waals surface area contributed by atoms with E-state index >= 15 is 0 Å². The van der Waals surface area contributed by atoms with Crippen molar-refractivity contribution in [2.75, 3.05) is 12.8 Å². The number of benzene rings is 1. The fourth-order valence-electron chi connectivity index (χ4n) is 2.11. The topological polar surface area (TPSA) is 97.1 Å². The molecule has 126 valence electrons. The second-order valence-electron chi connectivity index (χ2n) is 4.85. The van der Waals surface area contributed by atoms with Gasteiger partial charge in [0.15, 0.2) is 11.5 Å². The van der Waals surface area contributed by atoms with Gasteiger partial charge >= 0.3 is 18.6 Å². The van der Waals surface area contributed by atoms with Gasteiger partial charge in [-0.3, -0.25) is 0 Å². The molecule has 1 aliphatic rings. The molecule has 1 heterocycles. The molecule has 9 heteroatoms. The Morgan fingerprint density at radius 3 is 2.61 bits per heavy atom. The predicted molar refractivity (Wildman–Crippen MR) is 73.4 cm³/mol. The average molecular weight is 331 g/mol. The number of halogens is 2. The number of hydrogen-bond donors (Lipinski definition) is 1. The number of carbonyl (C=O) groups is 2. The summed E-state index contributed by atoms with van der Waals surface area (Å²) in [4.78, 5) is 23.6. The van der Waals surface area contributed by atoms with E-state index in [2.05, 4.69) is 4.74 Å². The van der Waals surface area contributed by atoms with Crippen molar-refractivity contribution < 1.29 is 37.3 Å². The van der Waals surface area contributed by atoms with Crippen molar-refractivity contribution in [1.29, 1.82) is 0 Å². The summed E-state index contributed by atoms with van der Waals surface area (Å²) in [5.41, 5.74) is 5.38. The summed E-state index contributed by atoms with van der Waals surface area (Å²) in [6.07, 6.45) is -1.15. The average Bonchev–Trinajstić information content (AvgIpc) is 2.76. The Morgan fingerprint density at radius 1 is 1.39 bits per heavy atom. The predicted octanol–water partition coefficient (Wildman–Crippen LogP) is 1.74. The zero-order valence-electron chi connectivity index (χ0n) is 12.4. The molecule has 0 spiro atoms. The van der Waals surface area contributed by atoms with Crippen LogP contribution >= 0.6 is 0 Å². The molecule has 0 unspecified atom stereocenters. The molecule has 0 aliphatic carbocycles. The Morgan fingerprint density at radius 2 is 2.09 bits per heavy atom. The largest absolute Gasteiger partial charge is 0.493 e. The third-order valence-corrected chi connectivity index (χ3v) is 3.15. The molecule has 0 bridgehead atoms. The zero-order valence-corrected chi connectivity index (χ0v) is 12.4. The maximum Gasteiger partial charge on any atom is 0.387 e. The summed E-state index contributed by atoms with van der Waals surface area (Å²) in [5.74, 6) is -1.96. The van der Waals surface area contributed by atoms with E-state index in [-0.39, 0.29) is 35.3 Å². The number of nitrogens with two attached hydrogens (primary N) is 1. The maximum absolute atomic E-state index is 12.3. The third kappa shape index (κ3) is 3.79. The summed E-state index contributed by atoms with van der Waals surface area (Å²) in [6.45, 7) is -1.41. The SMILES string of the molecule is COc1cc(C(=O)O[C@H]2C[C@H](C)OC2=O)c(N)cc1OC(F)F. The smallest absolute Gasteiger partial charge is 0.387 e. The standard InChI is InChI=1S/C14H15F2NO6/c1-6-3-11(13(19)21-6)22-12(18)7-4-9(20-2)10(5-8(7)17)23-14(15)16/h4-6,11,14H,3,17H2,1-2H3/t6-,11-/m0/s1. The lowest BCUT2D eigenvalue weighted by atomic mass is 10.1. The number of ether oxygens (including phenoxy) is 4. The molecule has 2 rings (SSSR count). The molecule has 1 aromatic carbocycles. The number of alkyl halides is 2. The molecular formula is C14H15F2NO6. The summed E-state index contributed by atoms with van der Waals surface area (Å²) < 4.78 is 43.7. The zero-order chi connectivity index (χ0) is 17.1. The lowest BCUT2D eigenvalue weighted by Crippen LogP contribution is -2.23. The first-order valence-electron chi connectivity index (χ1n) is 6.65. The minimum absolute atomic E-state index is 0.117. The van der Waals surface area contributed by atoms with Crippen LogP contribution in [-0.2, 0) is 14.3 Å². The van der Waals surface area contributed by atoms with Crippen LogP contribution in [0.15, 0.2) is 12.1 Å². The van der Waals surface area contributed by atoms with Crippen molar-refractivity contribution >= 4 is 17.6 Å². The summed E-state index contributed by atoms with van der Waals surface area (Å²) in [6, 6.07) is 2.14. The fraction of sp³-hybridized carbons (Fsp3) is 0.429. The van der Waals surface area contributed by atoms with Gasteiger partial charge in [0.25, 0.3) is 0 Å². The molecular weight excluding hydrogens is 316 g/mol. The van der Waals surface area contributed by atoms with Gasteiger partial charge in [-0.15, -0.1) is 0 Å². The van der Waals surface area contributed by atoms with E-state index in [0.717, 1.165) is 12.1 Å². The quantitative estimate of drug-likeness (QED) is 0.648. The van der Waals surface area contributed by atoms with Crippen LogP contribution in [0.25, 0.3) is 0 Å². The van der Waals surface area contributed by atoms with Crippen molar-refractivity contribution in [1.82, 2.24) is 0 Å². The molecule has 0 amide bonds. The van der Waals surface area contributed by atoms with Gasteiger partial charge in [0, 0.05) is 18.6 Å². The second kappa shape index (κ2) is 6.67. The summed E-state index contributed by atoms with van der Waals surface area (Å²) in [5, 5.41) is 0. The number of methoxy groups -OCH3 is 1. The number of carbonyl (C=O) groups excluding carboxylic acids is 2. The van der Waals surface area contributed by atoms with E-state index in [0.29, 0.717) is 0 Å². The molecule has 0 saturated carbocycles. The Hall–Kier alpha value is -2.58. The van der Waals surface area contributed by atoms with Gasteiger partial charge in [0.2, 0.25) is 6.10 Å². The Bertz CT molecular complexity index is 622. The van der Waals surface area contributed by atoms with Crippen LogP contribution in [0.2, 0.25) is 0 Å². The van der Waals surface area contributed by atoms with Crippen LogP contribution in [-0.4, -0.2) is 37.9 Å². The van der Waals surface area contributed by atoms with Gasteiger partial charge in [0.05, 0.1) is 18.4 Å². The van der Waals surface area contributed by atoms with Crippen LogP contribution in [0.5, 0.6) is 11.5 Å². The van der Waals surface area contributed by atoms with E-state index < -0.39 is 24.7 Å². The lowest BCUT2D eigenvalue weighted by molar-refractivity contribution is -0.147. The molecule has 1 aliphatic heterocycles. The molecule has 1 fully saturated rings. The minimum atomic E-state index is -3.07. The summed E-state index contributed by atoms with van der Waals surface area (Å²) in [7, 11) is 1.22. The van der Waals surface area contributed by atoms with Gasteiger partial charge in [0.1, 0.15) is 6.10 Å². The van der Waals surface area contributed by atoms with Crippen molar-refractivity contribution in [3.8, 4) is 11.5 Å². The van der Waals surface area contributed by atoms with Crippen LogP contribution in [0.1, 0.15) is 23.7 Å². The maximum atomic E-state index is 12.3. The first-order chi connectivity index (χ1) is 10.8. The Kier molecular flexibility index (Phi) is 4.87. The van der Waals surface area contributed by atoms with Gasteiger partial charge in [-0.25, -0.2) is 9.59 Å². The highest BCUT2D eigenvalue weighted by Crippen LogP contribution is 2.34.